The van der Waals surface area contributed by atoms with Crippen LogP contribution in [-0.2, 0) is 20.9 Å². The van der Waals surface area contributed by atoms with Gasteiger partial charge in [0.25, 0.3) is 5.91 Å². The zero-order chi connectivity index (χ0) is 19.1. The molecule has 27 heavy (non-hydrogen) atoms. The molecule has 2 aliphatic heterocycles. The number of hydrogen-bond donors (Lipinski definition) is 1. The van der Waals surface area contributed by atoms with Crippen molar-refractivity contribution < 1.29 is 14.3 Å². The van der Waals surface area contributed by atoms with Gasteiger partial charge in [0.15, 0.2) is 5.17 Å². The van der Waals surface area contributed by atoms with Crippen LogP contribution in [0.5, 0.6) is 0 Å². The van der Waals surface area contributed by atoms with Crippen LogP contribution in [0.25, 0.3) is 0 Å². The largest absolute Gasteiger partial charge is 0.466 e. The van der Waals surface area contributed by atoms with Crippen LogP contribution < -0.4 is 5.32 Å². The summed E-state index contributed by atoms with van der Waals surface area (Å²) in [6, 6.07) is 8.22. The monoisotopic (exact) mass is 386 g/mol. The van der Waals surface area contributed by atoms with Gasteiger partial charge in [-0.05, 0) is 48.8 Å². The SMILES string of the molecule is COC(=O)/C=C1/S/C(=N\N=Cc2ccc(CN3CCCCC3)cc2)NC1=O. The first-order valence-electron chi connectivity index (χ1n) is 8.85. The molecule has 0 bridgehead atoms. The fourth-order valence-corrected chi connectivity index (χ4v) is 3.61. The smallest absolute Gasteiger partial charge is 0.331 e. The van der Waals surface area contributed by atoms with Crippen molar-refractivity contribution in [3.05, 3.63) is 46.4 Å². The number of thioether (sulfide) groups is 1. The van der Waals surface area contributed by atoms with Crippen LogP contribution in [0.15, 0.2) is 45.4 Å². The molecule has 2 fully saturated rings. The molecule has 1 amide bonds. The van der Waals surface area contributed by atoms with Crippen molar-refractivity contribution >= 4 is 35.0 Å². The minimum absolute atomic E-state index is 0.234. The second-order valence-corrected chi connectivity index (χ2v) is 7.35. The summed E-state index contributed by atoms with van der Waals surface area (Å²) >= 11 is 1.05. The minimum atomic E-state index is -0.581. The zero-order valence-corrected chi connectivity index (χ0v) is 16.0. The van der Waals surface area contributed by atoms with Crippen molar-refractivity contribution in [2.45, 2.75) is 25.8 Å². The number of methoxy groups -OCH3 is 1. The van der Waals surface area contributed by atoms with Gasteiger partial charge in [-0.3, -0.25) is 15.0 Å². The lowest BCUT2D eigenvalue weighted by atomic mass is 10.1. The number of amides is 1. The Bertz CT molecular complexity index is 781. The molecule has 0 radical (unpaired) electrons. The van der Waals surface area contributed by atoms with Crippen molar-refractivity contribution in [2.24, 2.45) is 10.2 Å². The highest BCUT2D eigenvalue weighted by molar-refractivity contribution is 8.18. The van der Waals surface area contributed by atoms with E-state index in [1.807, 2.05) is 12.1 Å². The molecule has 2 heterocycles. The van der Waals surface area contributed by atoms with Gasteiger partial charge in [-0.25, -0.2) is 4.79 Å². The Labute approximate surface area is 162 Å². The minimum Gasteiger partial charge on any atom is -0.466 e. The molecule has 1 aromatic rings. The van der Waals surface area contributed by atoms with Crippen molar-refractivity contribution in [3.8, 4) is 0 Å². The van der Waals surface area contributed by atoms with Crippen LogP contribution in [0.2, 0.25) is 0 Å². The molecular formula is C19H22N4O3S. The maximum absolute atomic E-state index is 11.7. The topological polar surface area (TPSA) is 83.4 Å². The van der Waals surface area contributed by atoms with Gasteiger partial charge < -0.3 is 4.74 Å². The molecule has 0 aliphatic carbocycles. The molecule has 8 heteroatoms. The number of ether oxygens (including phenoxy) is 1. The number of esters is 1. The quantitative estimate of drug-likeness (QED) is 0.363. The number of likely N-dealkylation sites (tertiary alicyclic amines) is 1. The molecule has 142 valence electrons. The molecule has 2 aliphatic rings. The first-order chi connectivity index (χ1) is 13.1. The van der Waals surface area contributed by atoms with Gasteiger partial charge in [0.2, 0.25) is 0 Å². The summed E-state index contributed by atoms with van der Waals surface area (Å²) in [4.78, 5) is 25.7. The number of rotatable bonds is 5. The van der Waals surface area contributed by atoms with Crippen molar-refractivity contribution in [3.63, 3.8) is 0 Å². The van der Waals surface area contributed by atoms with E-state index in [0.29, 0.717) is 5.17 Å². The van der Waals surface area contributed by atoms with Gasteiger partial charge in [0.05, 0.1) is 18.2 Å². The van der Waals surface area contributed by atoms with E-state index in [1.54, 1.807) is 6.21 Å². The van der Waals surface area contributed by atoms with Crippen LogP contribution in [-0.4, -0.2) is 48.4 Å². The molecule has 7 nitrogen and oxygen atoms in total. The molecule has 1 N–H and O–H groups in total. The lowest BCUT2D eigenvalue weighted by molar-refractivity contribution is -0.135. The van der Waals surface area contributed by atoms with Crippen molar-refractivity contribution in [1.29, 1.82) is 0 Å². The Morgan fingerprint density at radius 1 is 1.26 bits per heavy atom. The van der Waals surface area contributed by atoms with E-state index in [1.165, 1.54) is 45.0 Å². The number of amidine groups is 1. The van der Waals surface area contributed by atoms with Gasteiger partial charge in [0.1, 0.15) is 0 Å². The van der Waals surface area contributed by atoms with E-state index >= 15 is 0 Å². The Kier molecular flexibility index (Phi) is 6.78. The molecule has 0 aromatic heterocycles. The highest BCUT2D eigenvalue weighted by atomic mass is 32.2. The van der Waals surface area contributed by atoms with Crippen LogP contribution in [0.3, 0.4) is 0 Å². The number of carbonyl (C=O) groups is 2. The average molecular weight is 386 g/mol. The first-order valence-corrected chi connectivity index (χ1v) is 9.67. The Morgan fingerprint density at radius 3 is 2.70 bits per heavy atom. The lowest BCUT2D eigenvalue weighted by Gasteiger charge is -2.26. The Balaban J connectivity index is 1.55. The molecule has 1 aromatic carbocycles. The first kappa shape index (κ1) is 19.3. The summed E-state index contributed by atoms with van der Waals surface area (Å²) in [6.45, 7) is 3.34. The fourth-order valence-electron chi connectivity index (χ4n) is 2.87. The van der Waals surface area contributed by atoms with Crippen LogP contribution in [0.1, 0.15) is 30.4 Å². The summed E-state index contributed by atoms with van der Waals surface area (Å²) in [5.74, 6) is -0.969. The summed E-state index contributed by atoms with van der Waals surface area (Å²) in [5, 5.41) is 10.9. The molecule has 0 saturated carbocycles. The number of carbonyl (C=O) groups excluding carboxylic acids is 2. The third-order valence-electron chi connectivity index (χ3n) is 4.29. The molecule has 0 spiro atoms. The van der Waals surface area contributed by atoms with E-state index in [0.717, 1.165) is 29.9 Å². The van der Waals surface area contributed by atoms with Gasteiger partial charge in [-0.1, -0.05) is 30.7 Å². The number of nitrogens with one attached hydrogen (secondary N) is 1. The third kappa shape index (κ3) is 5.77. The Morgan fingerprint density at radius 2 is 2.00 bits per heavy atom. The maximum atomic E-state index is 11.7. The predicted molar refractivity (Wildman–Crippen MR) is 106 cm³/mol. The van der Waals surface area contributed by atoms with E-state index in [-0.39, 0.29) is 10.8 Å². The summed E-state index contributed by atoms with van der Waals surface area (Å²) in [6.07, 6.45) is 6.68. The highest BCUT2D eigenvalue weighted by Gasteiger charge is 2.24. The second-order valence-electron chi connectivity index (χ2n) is 6.32. The van der Waals surface area contributed by atoms with Crippen LogP contribution in [0.4, 0.5) is 0 Å². The second kappa shape index (κ2) is 9.48. The molecule has 2 saturated heterocycles. The highest BCUT2D eigenvalue weighted by Crippen LogP contribution is 2.23. The zero-order valence-electron chi connectivity index (χ0n) is 15.2. The van der Waals surface area contributed by atoms with Crippen LogP contribution in [0, 0.1) is 0 Å². The van der Waals surface area contributed by atoms with Gasteiger partial charge in [0, 0.05) is 12.6 Å². The van der Waals surface area contributed by atoms with Crippen LogP contribution >= 0.6 is 11.8 Å². The van der Waals surface area contributed by atoms with Crippen molar-refractivity contribution in [2.75, 3.05) is 20.2 Å². The maximum Gasteiger partial charge on any atom is 0.331 e. The van der Waals surface area contributed by atoms with Gasteiger partial charge >= 0.3 is 5.97 Å². The van der Waals surface area contributed by atoms with Crippen molar-refractivity contribution in [1.82, 2.24) is 10.2 Å². The molecule has 0 unspecified atom stereocenters. The summed E-state index contributed by atoms with van der Waals surface area (Å²) in [5.41, 5.74) is 2.22. The Hall–Kier alpha value is -2.45. The van der Waals surface area contributed by atoms with E-state index in [4.69, 9.17) is 0 Å². The fraction of sp³-hybridized carbons (Fsp3) is 0.368. The van der Waals surface area contributed by atoms with E-state index in [2.05, 4.69) is 37.3 Å². The third-order valence-corrected chi connectivity index (χ3v) is 5.19. The number of piperidine rings is 1. The molecule has 3 rings (SSSR count). The summed E-state index contributed by atoms with van der Waals surface area (Å²) < 4.78 is 4.51. The normalized spacial score (nSPS) is 21.1. The lowest BCUT2D eigenvalue weighted by Crippen LogP contribution is -2.29. The molecule has 0 atom stereocenters. The average Bonchev–Trinajstić information content (AvgIpc) is 3.03. The number of hydrogen-bond acceptors (Lipinski definition) is 7. The molecular weight excluding hydrogens is 364 g/mol. The summed E-state index contributed by atoms with van der Waals surface area (Å²) in [7, 11) is 1.26. The van der Waals surface area contributed by atoms with E-state index in [9.17, 15) is 9.59 Å². The number of benzene rings is 1. The predicted octanol–water partition coefficient (Wildman–Crippen LogP) is 2.28. The number of nitrogens with zero attached hydrogens (tertiary/aromatic N) is 3. The van der Waals surface area contributed by atoms with E-state index < -0.39 is 5.97 Å². The standard InChI is InChI=1S/C19H22N4O3S/c1-26-17(24)11-16-18(25)21-19(27-16)22-20-12-14-5-7-15(8-6-14)13-23-9-3-2-4-10-23/h5-8,11-12H,2-4,9-10,13H2,1H3,(H,21,22,25)/b16-11+,20-12?. The van der Waals surface area contributed by atoms with Gasteiger partial charge in [-0.15, -0.1) is 5.10 Å². The van der Waals surface area contributed by atoms with Gasteiger partial charge in [-0.2, -0.15) is 5.10 Å².